The number of aliphatic hydroxyl groups is 1. The highest BCUT2D eigenvalue weighted by Crippen LogP contribution is 2.43. The molecule has 82 heavy (non-hydrogen) atoms. The number of hydrogen-bond acceptors (Lipinski definition) is 5. The number of unbranched alkanes of at least 4 members (excludes halogenated alkanes) is 51. The lowest BCUT2D eigenvalue weighted by molar-refractivity contribution is -0.870. The Kier molecular flexibility index (Phi) is 63.2. The zero-order valence-corrected chi connectivity index (χ0v) is 56.7. The van der Waals surface area contributed by atoms with Gasteiger partial charge in [0.2, 0.25) is 5.91 Å². The van der Waals surface area contributed by atoms with Crippen molar-refractivity contribution in [3.63, 3.8) is 0 Å². The highest BCUT2D eigenvalue weighted by Gasteiger charge is 2.28. The summed E-state index contributed by atoms with van der Waals surface area (Å²) in [4.78, 5) is 23.4. The van der Waals surface area contributed by atoms with Crippen LogP contribution in [0.25, 0.3) is 0 Å². The van der Waals surface area contributed by atoms with E-state index in [1.54, 1.807) is 6.08 Å². The molecule has 0 spiro atoms. The molecule has 3 N–H and O–H groups in total. The molecule has 0 aromatic rings. The van der Waals surface area contributed by atoms with E-state index >= 15 is 0 Å². The van der Waals surface area contributed by atoms with Gasteiger partial charge in [-0.1, -0.05) is 346 Å². The normalized spacial score (nSPS) is 13.8. The molecule has 0 saturated heterocycles. The van der Waals surface area contributed by atoms with Crippen LogP contribution < -0.4 is 5.32 Å². The Morgan fingerprint density at radius 1 is 0.402 bits per heavy atom. The number of phosphoric acid groups is 1. The zero-order chi connectivity index (χ0) is 59.8. The molecule has 3 atom stereocenters. The van der Waals surface area contributed by atoms with Gasteiger partial charge in [0.05, 0.1) is 39.9 Å². The summed E-state index contributed by atoms with van der Waals surface area (Å²) >= 11 is 0. The summed E-state index contributed by atoms with van der Waals surface area (Å²) in [5.41, 5.74) is 0. The molecule has 8 nitrogen and oxygen atoms in total. The highest BCUT2D eigenvalue weighted by molar-refractivity contribution is 7.47. The second-order valence-corrected chi connectivity index (χ2v) is 27.8. The van der Waals surface area contributed by atoms with Gasteiger partial charge in [-0.3, -0.25) is 13.8 Å². The Bertz CT molecular complexity index is 1430. The molecule has 9 heteroatoms. The van der Waals surface area contributed by atoms with Gasteiger partial charge in [0, 0.05) is 6.42 Å². The van der Waals surface area contributed by atoms with E-state index in [0.29, 0.717) is 17.4 Å². The number of hydrogen-bond donors (Lipinski definition) is 3. The summed E-state index contributed by atoms with van der Waals surface area (Å²) in [6.45, 7) is 4.86. The Morgan fingerprint density at radius 3 is 0.976 bits per heavy atom. The summed E-state index contributed by atoms with van der Waals surface area (Å²) in [5.74, 6) is -0.179. The number of nitrogens with zero attached hydrogens (tertiary/aromatic N) is 1. The van der Waals surface area contributed by atoms with Crippen LogP contribution in [0, 0.1) is 0 Å². The lowest BCUT2D eigenvalue weighted by Gasteiger charge is -2.25. The van der Waals surface area contributed by atoms with Gasteiger partial charge in [-0.2, -0.15) is 0 Å². The number of carbonyl (C=O) groups is 1. The number of amides is 1. The summed E-state index contributed by atoms with van der Waals surface area (Å²) in [5, 5.41) is 14.0. The lowest BCUT2D eigenvalue weighted by Crippen LogP contribution is -2.45. The van der Waals surface area contributed by atoms with Gasteiger partial charge in [0.1, 0.15) is 13.2 Å². The molecule has 0 radical (unpaired) electrons. The van der Waals surface area contributed by atoms with Crippen molar-refractivity contribution in [3.05, 3.63) is 36.5 Å². The quantitative estimate of drug-likeness (QED) is 0.0243. The molecule has 486 valence electrons. The van der Waals surface area contributed by atoms with Crippen molar-refractivity contribution in [2.75, 3.05) is 40.9 Å². The minimum absolute atomic E-state index is 0.0581. The SMILES string of the molecule is CCCCCCCCCC/C=C\CCCCCCCCCCCCCCCCCCCCCC(=O)NC(COP(=O)(O)OCC[N+](C)(C)C)C(O)/C=C/CC/C=C/CCCCCCCCCCCCCCCCCCCCCCCCC. The minimum atomic E-state index is -4.36. The van der Waals surface area contributed by atoms with E-state index in [-0.39, 0.29) is 19.1 Å². The molecule has 0 aliphatic heterocycles. The third kappa shape index (κ3) is 66.2. The monoisotopic (exact) mass is 1180 g/mol. The second-order valence-electron chi connectivity index (χ2n) is 26.3. The van der Waals surface area contributed by atoms with Gasteiger partial charge in [-0.25, -0.2) is 4.57 Å². The fraction of sp³-hybridized carbons (Fsp3) is 0.904. The van der Waals surface area contributed by atoms with Gasteiger partial charge in [-0.05, 0) is 57.8 Å². The van der Waals surface area contributed by atoms with Crippen LogP contribution in [0.15, 0.2) is 36.5 Å². The molecule has 1 amide bonds. The number of rotatable bonds is 68. The van der Waals surface area contributed by atoms with Gasteiger partial charge in [0.15, 0.2) is 0 Å². The van der Waals surface area contributed by atoms with Crippen molar-refractivity contribution in [1.29, 1.82) is 0 Å². The molecule has 0 heterocycles. The minimum Gasteiger partial charge on any atom is -0.387 e. The van der Waals surface area contributed by atoms with Crippen molar-refractivity contribution >= 4 is 13.7 Å². The van der Waals surface area contributed by atoms with Gasteiger partial charge in [-0.15, -0.1) is 0 Å². The smallest absolute Gasteiger partial charge is 0.387 e. The number of likely N-dealkylation sites (N-methyl/N-ethyl adjacent to an activating group) is 1. The Labute approximate surface area is 512 Å². The first kappa shape index (κ1) is 80.7. The molecule has 0 rings (SSSR count). The number of quaternary nitrogens is 1. The van der Waals surface area contributed by atoms with Crippen molar-refractivity contribution in [3.8, 4) is 0 Å². The molecular weight excluding hydrogens is 1030 g/mol. The maximum Gasteiger partial charge on any atom is 0.472 e. The van der Waals surface area contributed by atoms with Crippen molar-refractivity contribution in [1.82, 2.24) is 5.32 Å². The summed E-state index contributed by atoms with van der Waals surface area (Å²) in [7, 11) is 1.57. The summed E-state index contributed by atoms with van der Waals surface area (Å²) in [6, 6.07) is -0.864. The third-order valence-electron chi connectivity index (χ3n) is 16.8. The number of nitrogens with one attached hydrogen (secondary N) is 1. The van der Waals surface area contributed by atoms with Crippen LogP contribution in [0.2, 0.25) is 0 Å². The lowest BCUT2D eigenvalue weighted by atomic mass is 10.0. The fourth-order valence-electron chi connectivity index (χ4n) is 11.2. The van der Waals surface area contributed by atoms with Crippen LogP contribution in [0.5, 0.6) is 0 Å². The Hall–Kier alpha value is -1.28. The Balaban J connectivity index is 4.05. The molecule has 0 saturated carbocycles. The van der Waals surface area contributed by atoms with Crippen LogP contribution in [0.1, 0.15) is 373 Å². The standard InChI is InChI=1S/C73H143N2O6P/c1-6-8-10-12-14-16-18-20-22-24-26-28-30-32-34-36-37-39-41-43-45-47-49-51-53-55-57-59-61-63-65-67-73(77)74-71(70-81-82(78,79)80-69-68-75(3,4)5)72(76)66-64-62-60-58-56-54-52-50-48-46-44-42-40-38-35-33-31-29-27-25-23-21-19-17-15-13-11-9-7-2/h24,26,56,58,64,66,71-72,76H,6-23,25,27-55,57,59-63,65,67-70H2,1-5H3,(H-,74,77,78,79)/p+1/b26-24-,58-56+,66-64+. The van der Waals surface area contributed by atoms with Gasteiger partial charge < -0.3 is 19.8 Å². The van der Waals surface area contributed by atoms with E-state index in [0.717, 1.165) is 38.5 Å². The third-order valence-corrected chi connectivity index (χ3v) is 17.8. The molecule has 0 fully saturated rings. The predicted molar refractivity (Wildman–Crippen MR) is 360 cm³/mol. The zero-order valence-electron chi connectivity index (χ0n) is 55.8. The average Bonchev–Trinajstić information content (AvgIpc) is 3.47. The van der Waals surface area contributed by atoms with Crippen LogP contribution in [0.4, 0.5) is 0 Å². The van der Waals surface area contributed by atoms with Gasteiger partial charge >= 0.3 is 7.82 Å². The molecule has 0 aromatic carbocycles. The number of aliphatic hydroxyl groups excluding tert-OH is 1. The van der Waals surface area contributed by atoms with E-state index in [2.05, 4.69) is 43.5 Å². The first-order valence-corrected chi connectivity index (χ1v) is 37.9. The first-order valence-electron chi connectivity index (χ1n) is 36.4. The van der Waals surface area contributed by atoms with Crippen molar-refractivity contribution < 1.29 is 32.9 Å². The van der Waals surface area contributed by atoms with E-state index in [4.69, 9.17) is 9.05 Å². The highest BCUT2D eigenvalue weighted by atomic mass is 31.2. The second kappa shape index (κ2) is 64.2. The number of phosphoric ester groups is 1. The molecular formula is C73H144N2O6P+. The average molecular weight is 1180 g/mol. The van der Waals surface area contributed by atoms with Crippen LogP contribution >= 0.6 is 7.82 Å². The molecule has 0 aliphatic carbocycles. The van der Waals surface area contributed by atoms with E-state index in [9.17, 15) is 19.4 Å². The van der Waals surface area contributed by atoms with Crippen LogP contribution in [-0.4, -0.2) is 73.4 Å². The van der Waals surface area contributed by atoms with Crippen LogP contribution in [0.3, 0.4) is 0 Å². The van der Waals surface area contributed by atoms with Gasteiger partial charge in [0.25, 0.3) is 0 Å². The summed E-state index contributed by atoms with van der Waals surface area (Å²) in [6.07, 6.45) is 86.0. The molecule has 3 unspecified atom stereocenters. The predicted octanol–water partition coefficient (Wildman–Crippen LogP) is 23.2. The maximum atomic E-state index is 13.1. The van der Waals surface area contributed by atoms with E-state index in [1.807, 2.05) is 27.2 Å². The maximum absolute atomic E-state index is 13.1. The first-order chi connectivity index (χ1) is 40.0. The molecule has 0 aliphatic rings. The molecule has 0 aromatic heterocycles. The topological polar surface area (TPSA) is 105 Å². The number of allylic oxidation sites excluding steroid dienone is 5. The largest absolute Gasteiger partial charge is 0.472 e. The molecule has 0 bridgehead atoms. The fourth-order valence-corrected chi connectivity index (χ4v) is 11.9. The van der Waals surface area contributed by atoms with E-state index in [1.165, 1.54) is 315 Å². The summed E-state index contributed by atoms with van der Waals surface area (Å²) < 4.78 is 23.8. The Morgan fingerprint density at radius 2 is 0.671 bits per heavy atom. The van der Waals surface area contributed by atoms with Crippen molar-refractivity contribution in [2.24, 2.45) is 0 Å². The number of carbonyl (C=O) groups excluding carboxylic acids is 1. The van der Waals surface area contributed by atoms with Crippen molar-refractivity contribution in [2.45, 2.75) is 386 Å². The van der Waals surface area contributed by atoms with Crippen LogP contribution in [-0.2, 0) is 18.4 Å². The van der Waals surface area contributed by atoms with E-state index < -0.39 is 20.0 Å².